The number of halogens is 3. The third-order valence-electron chi connectivity index (χ3n) is 10.1. The molecule has 14 nitrogen and oxygen atoms in total. The van der Waals surface area contributed by atoms with Gasteiger partial charge in [0.05, 0.1) is 31.5 Å². The summed E-state index contributed by atoms with van der Waals surface area (Å²) in [5.41, 5.74) is 7.45. The van der Waals surface area contributed by atoms with Crippen LogP contribution in [0, 0.1) is 23.5 Å². The fourth-order valence-corrected chi connectivity index (χ4v) is 7.14. The number of benzene rings is 2. The normalized spacial score (nSPS) is 19.7. The van der Waals surface area contributed by atoms with E-state index in [9.17, 15) is 23.6 Å². The molecule has 4 amide bonds. The third-order valence-corrected chi connectivity index (χ3v) is 10.1. The van der Waals surface area contributed by atoms with E-state index >= 15 is 8.78 Å². The number of hydrogen-bond donors (Lipinski definition) is 3. The predicted molar refractivity (Wildman–Crippen MR) is 196 cm³/mol. The van der Waals surface area contributed by atoms with E-state index in [1.807, 2.05) is 34.9 Å². The van der Waals surface area contributed by atoms with Crippen LogP contribution in [-0.2, 0) is 35.1 Å². The van der Waals surface area contributed by atoms with Crippen molar-refractivity contribution in [1.29, 1.82) is 0 Å². The molecule has 0 bridgehead atoms. The van der Waals surface area contributed by atoms with E-state index in [-0.39, 0.29) is 63.1 Å². The van der Waals surface area contributed by atoms with Gasteiger partial charge in [0, 0.05) is 75.8 Å². The number of ether oxygens (including phenoxy) is 3. The van der Waals surface area contributed by atoms with Gasteiger partial charge in [0.2, 0.25) is 5.91 Å². The second kappa shape index (κ2) is 19.2. The molecular weight excluding hydrogens is 735 g/mol. The van der Waals surface area contributed by atoms with Gasteiger partial charge in [-0.15, -0.1) is 0 Å². The number of aromatic nitrogens is 2. The molecule has 0 aliphatic carbocycles. The molecule has 0 radical (unpaired) electrons. The maximum atomic E-state index is 15.3. The minimum absolute atomic E-state index is 0.0327. The molecule has 3 aliphatic rings. The Bertz CT molecular complexity index is 1860. The lowest BCUT2D eigenvalue weighted by atomic mass is 9.88. The highest BCUT2D eigenvalue weighted by molar-refractivity contribution is 6.12. The SMILES string of the molecule is N[C@@H](COC(=O)NCCOCCN1C(=O)C=CC1=O)C(=O)N(C[C@@H]1CNC[C@@H]1F)[C@@H](c1nc(-c2cc(F)ccc2F)cn1Cc1ccccc1)C1CCOCC1. The number of alkyl halides is 1. The van der Waals surface area contributed by atoms with Gasteiger partial charge in [-0.2, -0.15) is 0 Å². The summed E-state index contributed by atoms with van der Waals surface area (Å²) in [6, 6.07) is 10.4. The summed E-state index contributed by atoms with van der Waals surface area (Å²) in [4.78, 5) is 57.9. The highest BCUT2D eigenvalue weighted by Gasteiger charge is 2.41. The molecule has 6 rings (SSSR count). The molecule has 2 saturated heterocycles. The number of alkyl carbamates (subject to hydrolysis) is 1. The fourth-order valence-electron chi connectivity index (χ4n) is 7.14. The zero-order chi connectivity index (χ0) is 39.6. The van der Waals surface area contributed by atoms with Crippen molar-refractivity contribution in [2.75, 3.05) is 65.8 Å². The molecule has 0 unspecified atom stereocenters. The minimum Gasteiger partial charge on any atom is -0.447 e. The molecular formula is C39H46F3N7O7. The van der Waals surface area contributed by atoms with Crippen LogP contribution >= 0.6 is 0 Å². The first kappa shape index (κ1) is 40.6. The van der Waals surface area contributed by atoms with Crippen LogP contribution in [0.1, 0.15) is 30.3 Å². The van der Waals surface area contributed by atoms with Gasteiger partial charge in [0.25, 0.3) is 11.8 Å². The van der Waals surface area contributed by atoms with E-state index in [0.717, 1.165) is 28.7 Å². The average Bonchev–Trinajstić information content (AvgIpc) is 3.90. The van der Waals surface area contributed by atoms with Crippen molar-refractivity contribution in [2.24, 2.45) is 17.6 Å². The third kappa shape index (κ3) is 10.2. The number of nitrogens with zero attached hydrogens (tertiary/aromatic N) is 4. The number of carbonyl (C=O) groups excluding carboxylic acids is 4. The number of amides is 4. The maximum Gasteiger partial charge on any atom is 0.407 e. The lowest BCUT2D eigenvalue weighted by molar-refractivity contribution is -0.140. The molecule has 17 heteroatoms. The predicted octanol–water partition coefficient (Wildman–Crippen LogP) is 2.73. The molecule has 300 valence electrons. The Balaban J connectivity index is 1.22. The van der Waals surface area contributed by atoms with Crippen LogP contribution in [0.2, 0.25) is 0 Å². The number of nitrogens with one attached hydrogen (secondary N) is 2. The van der Waals surface area contributed by atoms with Gasteiger partial charge >= 0.3 is 6.09 Å². The highest BCUT2D eigenvalue weighted by Crippen LogP contribution is 2.38. The van der Waals surface area contributed by atoms with E-state index in [4.69, 9.17) is 24.9 Å². The van der Waals surface area contributed by atoms with Gasteiger partial charge in [0.1, 0.15) is 36.3 Å². The minimum atomic E-state index is -1.35. The Morgan fingerprint density at radius 2 is 1.80 bits per heavy atom. The molecule has 4 heterocycles. The molecule has 0 saturated carbocycles. The van der Waals surface area contributed by atoms with Gasteiger partial charge < -0.3 is 40.0 Å². The van der Waals surface area contributed by atoms with E-state index in [1.165, 1.54) is 17.1 Å². The van der Waals surface area contributed by atoms with Crippen molar-refractivity contribution in [3.8, 4) is 11.3 Å². The number of nitrogens with two attached hydrogens (primary N) is 1. The first-order valence-corrected chi connectivity index (χ1v) is 18.7. The largest absolute Gasteiger partial charge is 0.447 e. The highest BCUT2D eigenvalue weighted by atomic mass is 19.1. The second-order valence-electron chi connectivity index (χ2n) is 13.9. The van der Waals surface area contributed by atoms with Crippen molar-refractivity contribution in [3.05, 3.63) is 89.9 Å². The summed E-state index contributed by atoms with van der Waals surface area (Å²) in [6.07, 6.45) is 2.92. The maximum absolute atomic E-state index is 15.3. The number of imide groups is 1. The first-order valence-electron chi connectivity index (χ1n) is 18.7. The van der Waals surface area contributed by atoms with Crippen molar-refractivity contribution < 1.29 is 46.6 Å². The quantitative estimate of drug-likeness (QED) is 0.137. The fraction of sp³-hybridized carbons (Fsp3) is 0.462. The standard InChI is InChI=1S/C39H46F3N7O7/c40-28-6-7-30(41)29(18-28)33-23-47(21-25-4-2-1-3-5-25)37(46-33)36(26-10-14-54-15-11-26)49(22-27-19-44-20-31(27)42)38(52)32(43)24-56-39(53)45-12-16-55-17-13-48-34(50)8-9-35(48)51/h1-9,18,23,26-27,31-32,36,44H,10-17,19-22,24,43H2,(H,45,53)/t27-,31-,32-,36+/m0/s1. The average molecular weight is 782 g/mol. The Morgan fingerprint density at radius 1 is 1.05 bits per heavy atom. The number of imidazole rings is 1. The van der Waals surface area contributed by atoms with E-state index in [0.29, 0.717) is 38.4 Å². The molecule has 3 aliphatic heterocycles. The summed E-state index contributed by atoms with van der Waals surface area (Å²) >= 11 is 0. The zero-order valence-electron chi connectivity index (χ0n) is 30.8. The molecule has 1 aromatic heterocycles. The summed E-state index contributed by atoms with van der Waals surface area (Å²) < 4.78 is 63.2. The molecule has 4 atom stereocenters. The Morgan fingerprint density at radius 3 is 2.52 bits per heavy atom. The Hall–Kier alpha value is -5.10. The smallest absolute Gasteiger partial charge is 0.407 e. The molecule has 56 heavy (non-hydrogen) atoms. The molecule has 3 aromatic rings. The number of hydrogen-bond acceptors (Lipinski definition) is 10. The van der Waals surface area contributed by atoms with Crippen molar-refractivity contribution in [2.45, 2.75) is 37.6 Å². The van der Waals surface area contributed by atoms with E-state index < -0.39 is 66.2 Å². The molecule has 0 spiro atoms. The number of carbonyl (C=O) groups is 4. The summed E-state index contributed by atoms with van der Waals surface area (Å²) in [5, 5.41) is 5.55. The van der Waals surface area contributed by atoms with Crippen molar-refractivity contribution >= 4 is 23.8 Å². The van der Waals surface area contributed by atoms with E-state index in [1.54, 1.807) is 6.20 Å². The second-order valence-corrected chi connectivity index (χ2v) is 13.9. The lowest BCUT2D eigenvalue weighted by Crippen LogP contribution is -2.52. The van der Waals surface area contributed by atoms with Crippen molar-refractivity contribution in [1.82, 2.24) is 30.0 Å². The van der Waals surface area contributed by atoms with Crippen LogP contribution in [-0.4, -0.2) is 121 Å². The topological polar surface area (TPSA) is 170 Å². The van der Waals surface area contributed by atoms with E-state index in [2.05, 4.69) is 10.6 Å². The summed E-state index contributed by atoms with van der Waals surface area (Å²) in [6.45, 7) is 1.17. The van der Waals surface area contributed by atoms with Gasteiger partial charge in [-0.05, 0) is 42.5 Å². The van der Waals surface area contributed by atoms with Crippen LogP contribution in [0.5, 0.6) is 0 Å². The van der Waals surface area contributed by atoms with Crippen LogP contribution in [0.3, 0.4) is 0 Å². The van der Waals surface area contributed by atoms with Gasteiger partial charge in [-0.25, -0.2) is 22.9 Å². The van der Waals surface area contributed by atoms with Gasteiger partial charge in [-0.3, -0.25) is 19.3 Å². The molecule has 2 fully saturated rings. The summed E-state index contributed by atoms with van der Waals surface area (Å²) in [7, 11) is 0. The molecule has 4 N–H and O–H groups in total. The zero-order valence-corrected chi connectivity index (χ0v) is 30.8. The number of rotatable bonds is 17. The monoisotopic (exact) mass is 781 g/mol. The van der Waals surface area contributed by atoms with Crippen LogP contribution < -0.4 is 16.4 Å². The Kier molecular flexibility index (Phi) is 13.9. The van der Waals surface area contributed by atoms with Crippen LogP contribution in [0.15, 0.2) is 66.9 Å². The lowest BCUT2D eigenvalue weighted by Gasteiger charge is -2.40. The van der Waals surface area contributed by atoms with Gasteiger partial charge in [-0.1, -0.05) is 30.3 Å². The Labute approximate surface area is 322 Å². The van der Waals surface area contributed by atoms with Crippen LogP contribution in [0.4, 0.5) is 18.0 Å². The molecule has 2 aromatic carbocycles. The van der Waals surface area contributed by atoms with Crippen molar-refractivity contribution in [3.63, 3.8) is 0 Å². The first-order chi connectivity index (χ1) is 27.1. The van der Waals surface area contributed by atoms with Gasteiger partial charge in [0.15, 0.2) is 0 Å². The van der Waals surface area contributed by atoms with Crippen LogP contribution in [0.25, 0.3) is 11.3 Å². The summed E-state index contributed by atoms with van der Waals surface area (Å²) in [5.74, 6) is -3.21.